The van der Waals surface area contributed by atoms with Crippen molar-refractivity contribution in [2.24, 2.45) is 0 Å². The van der Waals surface area contributed by atoms with Gasteiger partial charge in [-0.05, 0) is 37.5 Å². The van der Waals surface area contributed by atoms with Gasteiger partial charge in [0.05, 0.1) is 0 Å². The first kappa shape index (κ1) is 16.1. The summed E-state index contributed by atoms with van der Waals surface area (Å²) in [7, 11) is 0. The maximum Gasteiger partial charge on any atom is 0.303 e. The number of hydrogen-bond donors (Lipinski definition) is 2. The van der Waals surface area contributed by atoms with Crippen molar-refractivity contribution in [1.82, 2.24) is 5.32 Å². The van der Waals surface area contributed by atoms with Crippen molar-refractivity contribution in [2.45, 2.75) is 38.6 Å². The van der Waals surface area contributed by atoms with Crippen molar-refractivity contribution in [3.63, 3.8) is 0 Å². The molecule has 0 fully saturated rings. The quantitative estimate of drug-likeness (QED) is 0.807. The van der Waals surface area contributed by atoms with E-state index in [9.17, 15) is 18.4 Å². The van der Waals surface area contributed by atoms with Crippen LogP contribution in [0, 0.1) is 11.6 Å². The average Bonchev–Trinajstić information content (AvgIpc) is 2.38. The first-order valence-corrected chi connectivity index (χ1v) is 6.33. The van der Waals surface area contributed by atoms with Gasteiger partial charge in [-0.25, -0.2) is 8.78 Å². The Morgan fingerprint density at radius 2 is 1.95 bits per heavy atom. The van der Waals surface area contributed by atoms with E-state index in [1.807, 2.05) is 0 Å². The Bertz CT molecular complexity index is 491. The number of aryl methyl sites for hydroxylation is 1. The summed E-state index contributed by atoms with van der Waals surface area (Å²) in [6, 6.07) is 3.29. The minimum absolute atomic E-state index is 0.00931. The molecular formula is C14H17F2NO3. The summed E-state index contributed by atoms with van der Waals surface area (Å²) in [5.74, 6) is -3.00. The highest BCUT2D eigenvalue weighted by Gasteiger charge is 2.10. The molecule has 0 saturated carbocycles. The van der Waals surface area contributed by atoms with Crippen LogP contribution in [0.15, 0.2) is 18.2 Å². The third kappa shape index (κ3) is 5.77. The molecule has 0 aliphatic rings. The van der Waals surface area contributed by atoms with Crippen molar-refractivity contribution < 1.29 is 23.5 Å². The third-order valence-electron chi connectivity index (χ3n) is 2.82. The molecule has 1 aromatic rings. The molecule has 0 heterocycles. The van der Waals surface area contributed by atoms with E-state index in [1.165, 1.54) is 6.07 Å². The molecule has 0 bridgehead atoms. The fourth-order valence-electron chi connectivity index (χ4n) is 1.71. The van der Waals surface area contributed by atoms with Crippen molar-refractivity contribution in [3.05, 3.63) is 35.4 Å². The van der Waals surface area contributed by atoms with Gasteiger partial charge in [-0.1, -0.05) is 6.07 Å². The molecule has 0 spiro atoms. The van der Waals surface area contributed by atoms with Crippen molar-refractivity contribution in [3.8, 4) is 0 Å². The van der Waals surface area contributed by atoms with E-state index in [2.05, 4.69) is 5.32 Å². The second-order valence-electron chi connectivity index (χ2n) is 4.65. The van der Waals surface area contributed by atoms with E-state index in [0.29, 0.717) is 18.4 Å². The predicted octanol–water partition coefficient (Wildman–Crippen LogP) is 2.27. The Kier molecular flexibility index (Phi) is 6.09. The number of amides is 1. The first-order valence-electron chi connectivity index (χ1n) is 6.33. The monoisotopic (exact) mass is 285 g/mol. The van der Waals surface area contributed by atoms with Crippen LogP contribution in [0.25, 0.3) is 0 Å². The topological polar surface area (TPSA) is 66.4 Å². The van der Waals surface area contributed by atoms with E-state index in [0.717, 1.165) is 12.1 Å². The SMILES string of the molecule is CC(CCC(=O)O)NC(=O)CCc1ccc(F)c(F)c1. The number of aliphatic carboxylic acids is 1. The van der Waals surface area contributed by atoms with Gasteiger partial charge in [-0.2, -0.15) is 0 Å². The minimum Gasteiger partial charge on any atom is -0.481 e. The van der Waals surface area contributed by atoms with Crippen molar-refractivity contribution in [1.29, 1.82) is 0 Å². The molecule has 0 aliphatic heterocycles. The fraction of sp³-hybridized carbons (Fsp3) is 0.429. The number of carbonyl (C=O) groups is 2. The fourth-order valence-corrected chi connectivity index (χ4v) is 1.71. The van der Waals surface area contributed by atoms with Gasteiger partial charge in [-0.3, -0.25) is 9.59 Å². The second kappa shape index (κ2) is 7.57. The highest BCUT2D eigenvalue weighted by atomic mass is 19.2. The van der Waals surface area contributed by atoms with Crippen LogP contribution >= 0.6 is 0 Å². The second-order valence-corrected chi connectivity index (χ2v) is 4.65. The lowest BCUT2D eigenvalue weighted by Crippen LogP contribution is -2.33. The number of hydrogen-bond acceptors (Lipinski definition) is 2. The van der Waals surface area contributed by atoms with Gasteiger partial charge < -0.3 is 10.4 Å². The maximum absolute atomic E-state index is 13.0. The summed E-state index contributed by atoms with van der Waals surface area (Å²) in [4.78, 5) is 22.0. The Balaban J connectivity index is 2.35. The molecule has 0 saturated heterocycles. The van der Waals surface area contributed by atoms with Crippen LogP contribution in [-0.4, -0.2) is 23.0 Å². The van der Waals surface area contributed by atoms with E-state index in [-0.39, 0.29) is 24.8 Å². The lowest BCUT2D eigenvalue weighted by molar-refractivity contribution is -0.137. The van der Waals surface area contributed by atoms with Crippen LogP contribution in [0.1, 0.15) is 31.7 Å². The van der Waals surface area contributed by atoms with Crippen LogP contribution in [0.2, 0.25) is 0 Å². The summed E-state index contributed by atoms with van der Waals surface area (Å²) in [6.07, 6.45) is 0.786. The predicted molar refractivity (Wildman–Crippen MR) is 69.2 cm³/mol. The van der Waals surface area contributed by atoms with Gasteiger partial charge in [0.25, 0.3) is 0 Å². The van der Waals surface area contributed by atoms with E-state index in [1.54, 1.807) is 6.92 Å². The Morgan fingerprint density at radius 3 is 2.55 bits per heavy atom. The zero-order valence-electron chi connectivity index (χ0n) is 11.2. The summed E-state index contributed by atoms with van der Waals surface area (Å²) in [6.45, 7) is 1.72. The summed E-state index contributed by atoms with van der Waals surface area (Å²) >= 11 is 0. The van der Waals surface area contributed by atoms with E-state index in [4.69, 9.17) is 5.11 Å². The van der Waals surface area contributed by atoms with E-state index >= 15 is 0 Å². The zero-order valence-corrected chi connectivity index (χ0v) is 11.2. The molecule has 2 N–H and O–H groups in total. The molecule has 1 atom stereocenters. The zero-order chi connectivity index (χ0) is 15.1. The highest BCUT2D eigenvalue weighted by molar-refractivity contribution is 5.76. The Hall–Kier alpha value is -1.98. The van der Waals surface area contributed by atoms with Gasteiger partial charge in [0.2, 0.25) is 5.91 Å². The number of carboxylic acids is 1. The molecule has 1 aromatic carbocycles. The van der Waals surface area contributed by atoms with Crippen LogP contribution in [-0.2, 0) is 16.0 Å². The van der Waals surface area contributed by atoms with Crippen LogP contribution in [0.5, 0.6) is 0 Å². The number of carbonyl (C=O) groups excluding carboxylic acids is 1. The molecule has 20 heavy (non-hydrogen) atoms. The molecule has 0 aromatic heterocycles. The van der Waals surface area contributed by atoms with E-state index < -0.39 is 17.6 Å². The van der Waals surface area contributed by atoms with Gasteiger partial charge >= 0.3 is 5.97 Å². The molecule has 110 valence electrons. The smallest absolute Gasteiger partial charge is 0.303 e. The maximum atomic E-state index is 13.0. The molecule has 0 aliphatic carbocycles. The van der Waals surface area contributed by atoms with Crippen molar-refractivity contribution in [2.75, 3.05) is 0 Å². The number of halogens is 2. The molecular weight excluding hydrogens is 268 g/mol. The number of rotatable bonds is 7. The van der Waals surface area contributed by atoms with Crippen LogP contribution in [0.3, 0.4) is 0 Å². The Morgan fingerprint density at radius 1 is 1.25 bits per heavy atom. The number of carboxylic acid groups (broad SMARTS) is 1. The van der Waals surface area contributed by atoms with Gasteiger partial charge in [-0.15, -0.1) is 0 Å². The first-order chi connectivity index (χ1) is 9.38. The number of benzene rings is 1. The lowest BCUT2D eigenvalue weighted by Gasteiger charge is -2.12. The largest absolute Gasteiger partial charge is 0.481 e. The molecule has 1 rings (SSSR count). The molecule has 1 unspecified atom stereocenters. The highest BCUT2D eigenvalue weighted by Crippen LogP contribution is 2.10. The molecule has 4 nitrogen and oxygen atoms in total. The summed E-state index contributed by atoms with van der Waals surface area (Å²) < 4.78 is 25.7. The summed E-state index contributed by atoms with van der Waals surface area (Å²) in [5.41, 5.74) is 0.539. The molecule has 1 amide bonds. The van der Waals surface area contributed by atoms with Crippen LogP contribution < -0.4 is 5.32 Å². The average molecular weight is 285 g/mol. The van der Waals surface area contributed by atoms with Crippen molar-refractivity contribution >= 4 is 11.9 Å². The van der Waals surface area contributed by atoms with Gasteiger partial charge in [0.1, 0.15) is 0 Å². The van der Waals surface area contributed by atoms with Gasteiger partial charge in [0, 0.05) is 18.9 Å². The van der Waals surface area contributed by atoms with Crippen LogP contribution in [0.4, 0.5) is 8.78 Å². The van der Waals surface area contributed by atoms with Gasteiger partial charge in [0.15, 0.2) is 11.6 Å². The summed E-state index contributed by atoms with van der Waals surface area (Å²) in [5, 5.41) is 11.2. The number of nitrogens with one attached hydrogen (secondary N) is 1. The molecule has 6 heteroatoms. The minimum atomic E-state index is -0.933. The standard InChI is InChI=1S/C14H17F2NO3/c1-9(2-7-14(19)20)17-13(18)6-4-10-3-5-11(15)12(16)8-10/h3,5,8-9H,2,4,6-7H2,1H3,(H,17,18)(H,19,20). The normalized spacial score (nSPS) is 11.9. The Labute approximate surface area is 115 Å². The molecule has 0 radical (unpaired) electrons. The lowest BCUT2D eigenvalue weighted by atomic mass is 10.1. The third-order valence-corrected chi connectivity index (χ3v) is 2.82.